The van der Waals surface area contributed by atoms with Gasteiger partial charge in [-0.25, -0.2) is 4.79 Å². The van der Waals surface area contributed by atoms with E-state index >= 15 is 0 Å². The van der Waals surface area contributed by atoms with Crippen LogP contribution in [0.3, 0.4) is 0 Å². The van der Waals surface area contributed by atoms with Crippen molar-refractivity contribution >= 4 is 42.4 Å². The van der Waals surface area contributed by atoms with Crippen LogP contribution in [0.5, 0.6) is 0 Å². The summed E-state index contributed by atoms with van der Waals surface area (Å²) < 4.78 is 3.98. The minimum absolute atomic E-state index is 0.459. The van der Waals surface area contributed by atoms with Crippen LogP contribution in [0.4, 0.5) is 0 Å². The molecule has 0 radical (unpaired) electrons. The van der Waals surface area contributed by atoms with Gasteiger partial charge in [0.05, 0.1) is 10.2 Å². The second-order valence-corrected chi connectivity index (χ2v) is 6.45. The Balaban J connectivity index is 2.21. The summed E-state index contributed by atoms with van der Waals surface area (Å²) in [6.45, 7) is 0. The zero-order valence-corrected chi connectivity index (χ0v) is 13.1. The van der Waals surface area contributed by atoms with Gasteiger partial charge in [0, 0.05) is 10.0 Å². The summed E-state index contributed by atoms with van der Waals surface area (Å²) in [5.41, 5.74) is 1.43. The minimum Gasteiger partial charge on any atom is -0.268 e. The van der Waals surface area contributed by atoms with Gasteiger partial charge in [0.15, 0.2) is 5.82 Å². The first-order valence-electron chi connectivity index (χ1n) is 6.27. The monoisotopic (exact) mass is 357 g/mol. The number of hydrogen-bond donors (Lipinski definition) is 0. The molecule has 6 heteroatoms. The maximum Gasteiger partial charge on any atom is 0.371 e. The third-order valence-electron chi connectivity index (χ3n) is 3.19. The first-order valence-corrected chi connectivity index (χ1v) is 7.87. The van der Waals surface area contributed by atoms with Crippen LogP contribution in [0.1, 0.15) is 0 Å². The van der Waals surface area contributed by atoms with Crippen LogP contribution >= 0.6 is 27.3 Å². The Hall–Kier alpha value is -2.05. The molecule has 102 valence electrons. The summed E-state index contributed by atoms with van der Waals surface area (Å²) in [6.07, 6.45) is 0. The minimum atomic E-state index is -0.459. The molecule has 0 spiro atoms. The number of thiazole rings is 1. The van der Waals surface area contributed by atoms with Crippen molar-refractivity contribution < 1.29 is 0 Å². The Kier molecular flexibility index (Phi) is 2.87. The van der Waals surface area contributed by atoms with Crippen molar-refractivity contribution in [1.82, 2.24) is 14.4 Å². The van der Waals surface area contributed by atoms with Crippen LogP contribution in [0, 0.1) is 0 Å². The molecule has 0 saturated carbocycles. The van der Waals surface area contributed by atoms with Crippen molar-refractivity contribution in [2.75, 3.05) is 0 Å². The van der Waals surface area contributed by atoms with E-state index in [-0.39, 0.29) is 0 Å². The van der Waals surface area contributed by atoms with Crippen molar-refractivity contribution in [3.8, 4) is 11.4 Å². The van der Waals surface area contributed by atoms with Crippen LogP contribution in [0.25, 0.3) is 26.6 Å². The molecule has 2 aromatic heterocycles. The van der Waals surface area contributed by atoms with Crippen molar-refractivity contribution in [3.63, 3.8) is 0 Å². The van der Waals surface area contributed by atoms with Gasteiger partial charge in [0.2, 0.25) is 4.96 Å². The zero-order valence-electron chi connectivity index (χ0n) is 10.7. The van der Waals surface area contributed by atoms with Gasteiger partial charge in [-0.3, -0.25) is 4.40 Å². The second kappa shape index (κ2) is 4.75. The molecule has 2 aromatic carbocycles. The summed E-state index contributed by atoms with van der Waals surface area (Å²) in [4.78, 5) is 20.6. The normalized spacial score (nSPS) is 11.3. The second-order valence-electron chi connectivity index (χ2n) is 4.53. The molecular formula is C15H8BrN3OS. The lowest BCUT2D eigenvalue weighted by molar-refractivity contribution is 1.01. The van der Waals surface area contributed by atoms with Crippen molar-refractivity contribution in [2.24, 2.45) is 0 Å². The SMILES string of the molecule is O=c1nc(-c2ccccc2)n2c(n1)sc1ccc(Br)cc12. The average molecular weight is 358 g/mol. The molecule has 21 heavy (non-hydrogen) atoms. The number of halogens is 1. The molecular weight excluding hydrogens is 350 g/mol. The number of fused-ring (bicyclic) bond motifs is 3. The van der Waals surface area contributed by atoms with E-state index in [9.17, 15) is 4.79 Å². The number of hydrogen-bond acceptors (Lipinski definition) is 4. The van der Waals surface area contributed by atoms with Gasteiger partial charge in [-0.15, -0.1) is 0 Å². The van der Waals surface area contributed by atoms with Gasteiger partial charge in [-0.1, -0.05) is 57.6 Å². The first kappa shape index (κ1) is 12.7. The first-order chi connectivity index (χ1) is 10.2. The Bertz CT molecular complexity index is 1020. The molecule has 0 N–H and O–H groups in total. The number of aromatic nitrogens is 3. The summed E-state index contributed by atoms with van der Waals surface area (Å²) in [5.74, 6) is 0.620. The Morgan fingerprint density at radius 1 is 1.05 bits per heavy atom. The lowest BCUT2D eigenvalue weighted by Crippen LogP contribution is -2.14. The predicted octanol–water partition coefficient (Wildman–Crippen LogP) is 3.73. The van der Waals surface area contributed by atoms with E-state index in [0.717, 1.165) is 20.3 Å². The summed E-state index contributed by atoms with van der Waals surface area (Å²) >= 11 is 4.97. The molecule has 4 nitrogen and oxygen atoms in total. The van der Waals surface area contributed by atoms with E-state index in [0.29, 0.717) is 10.8 Å². The lowest BCUT2D eigenvalue weighted by Gasteiger charge is -2.04. The van der Waals surface area contributed by atoms with E-state index in [1.165, 1.54) is 11.3 Å². The van der Waals surface area contributed by atoms with E-state index in [2.05, 4.69) is 25.9 Å². The highest BCUT2D eigenvalue weighted by molar-refractivity contribution is 9.10. The topological polar surface area (TPSA) is 47.3 Å². The average Bonchev–Trinajstić information content (AvgIpc) is 2.84. The molecule has 4 rings (SSSR count). The molecule has 0 atom stereocenters. The van der Waals surface area contributed by atoms with E-state index in [4.69, 9.17) is 0 Å². The van der Waals surface area contributed by atoms with Crippen molar-refractivity contribution in [1.29, 1.82) is 0 Å². The lowest BCUT2D eigenvalue weighted by atomic mass is 10.2. The van der Waals surface area contributed by atoms with Gasteiger partial charge < -0.3 is 0 Å². The largest absolute Gasteiger partial charge is 0.371 e. The maximum absolute atomic E-state index is 11.8. The molecule has 0 saturated heterocycles. The molecule has 0 amide bonds. The van der Waals surface area contributed by atoms with Crippen LogP contribution in [0.2, 0.25) is 0 Å². The molecule has 0 unspecified atom stereocenters. The third kappa shape index (κ3) is 2.07. The summed E-state index contributed by atoms with van der Waals surface area (Å²) in [5, 5.41) is 0. The smallest absolute Gasteiger partial charge is 0.268 e. The predicted molar refractivity (Wildman–Crippen MR) is 87.8 cm³/mol. The molecule has 0 aliphatic heterocycles. The number of rotatable bonds is 1. The quantitative estimate of drug-likeness (QED) is 0.521. The molecule has 0 bridgehead atoms. The van der Waals surface area contributed by atoms with Crippen LogP contribution < -0.4 is 5.69 Å². The highest BCUT2D eigenvalue weighted by Crippen LogP contribution is 2.30. The zero-order chi connectivity index (χ0) is 14.4. The highest BCUT2D eigenvalue weighted by Gasteiger charge is 2.13. The maximum atomic E-state index is 11.8. The molecule has 2 heterocycles. The molecule has 0 aliphatic rings. The Labute approximate surface area is 131 Å². The Morgan fingerprint density at radius 3 is 2.67 bits per heavy atom. The van der Waals surface area contributed by atoms with Crippen LogP contribution in [0.15, 0.2) is 57.8 Å². The van der Waals surface area contributed by atoms with E-state index in [1.54, 1.807) is 0 Å². The van der Waals surface area contributed by atoms with Crippen LogP contribution in [-0.4, -0.2) is 14.4 Å². The fourth-order valence-corrected chi connectivity index (χ4v) is 3.64. The van der Waals surface area contributed by atoms with Gasteiger partial charge in [0.25, 0.3) is 0 Å². The molecule has 0 aliphatic carbocycles. The van der Waals surface area contributed by atoms with Gasteiger partial charge >= 0.3 is 5.69 Å². The Morgan fingerprint density at radius 2 is 1.86 bits per heavy atom. The fraction of sp³-hybridized carbons (Fsp3) is 0. The van der Waals surface area contributed by atoms with E-state index < -0.39 is 5.69 Å². The van der Waals surface area contributed by atoms with E-state index in [1.807, 2.05) is 52.9 Å². The van der Waals surface area contributed by atoms with Gasteiger partial charge in [0.1, 0.15) is 0 Å². The van der Waals surface area contributed by atoms with Crippen molar-refractivity contribution in [3.05, 3.63) is 63.5 Å². The van der Waals surface area contributed by atoms with Gasteiger partial charge in [-0.05, 0) is 18.2 Å². The van der Waals surface area contributed by atoms with Crippen LogP contribution in [-0.2, 0) is 0 Å². The molecule has 0 fully saturated rings. The van der Waals surface area contributed by atoms with Gasteiger partial charge in [-0.2, -0.15) is 9.97 Å². The standard InChI is InChI=1S/C15H8BrN3OS/c16-10-6-7-12-11(8-10)19-13(9-4-2-1-3-5-9)17-14(20)18-15(19)21-12/h1-8H. The van der Waals surface area contributed by atoms with Crippen molar-refractivity contribution in [2.45, 2.75) is 0 Å². The molecule has 4 aromatic rings. The third-order valence-corrected chi connectivity index (χ3v) is 4.71. The number of benzene rings is 2. The summed E-state index contributed by atoms with van der Waals surface area (Å²) in [7, 11) is 0. The fourth-order valence-electron chi connectivity index (χ4n) is 2.30. The summed E-state index contributed by atoms with van der Waals surface area (Å²) in [6, 6.07) is 15.7. The number of nitrogens with zero attached hydrogens (tertiary/aromatic N) is 3. The highest BCUT2D eigenvalue weighted by atomic mass is 79.9.